The third-order valence-electron chi connectivity index (χ3n) is 6.33. The Labute approximate surface area is 286 Å². The molecule has 0 bridgehead atoms. The predicted molar refractivity (Wildman–Crippen MR) is 190 cm³/mol. The molecule has 0 aliphatic rings. The third kappa shape index (κ3) is 13.2. The summed E-state index contributed by atoms with van der Waals surface area (Å²) >= 11 is 5.16. The van der Waals surface area contributed by atoms with Crippen LogP contribution in [0.4, 0.5) is 0 Å². The molecule has 0 unspecified atom stereocenters. The number of carbonyl (C=O) groups excluding carboxylic acids is 3. The molecule has 0 saturated carbocycles. The molecular formula is C41H35ClO6. The highest BCUT2D eigenvalue weighted by molar-refractivity contribution is 6.67. The number of halogens is 1. The lowest BCUT2D eigenvalue weighted by molar-refractivity contribution is 0.0734. The maximum atomic E-state index is 12.0. The van der Waals surface area contributed by atoms with E-state index in [0.717, 1.165) is 11.5 Å². The van der Waals surface area contributed by atoms with E-state index in [1.54, 1.807) is 87.0 Å². The molecule has 0 radical (unpaired) electrons. The lowest BCUT2D eigenvalue weighted by Crippen LogP contribution is -2.07. The molecule has 48 heavy (non-hydrogen) atoms. The summed E-state index contributed by atoms with van der Waals surface area (Å²) in [5, 5.41) is -0.407. The number of benzene rings is 6. The summed E-state index contributed by atoms with van der Waals surface area (Å²) in [5.41, 5.74) is 2.47. The van der Waals surface area contributed by atoms with Gasteiger partial charge in [0, 0.05) is 16.7 Å². The van der Waals surface area contributed by atoms with Crippen LogP contribution in [0.2, 0.25) is 0 Å². The highest BCUT2D eigenvalue weighted by Gasteiger charge is 2.08. The first kappa shape index (κ1) is 36.5. The molecule has 0 atom stereocenters. The summed E-state index contributed by atoms with van der Waals surface area (Å²) in [6.45, 7) is 0. The van der Waals surface area contributed by atoms with Gasteiger partial charge in [0.15, 0.2) is 5.78 Å². The SMILES string of the molecule is COc1ccc(C(=O)c2ccccc2)cc1.COc1ccccc1.O=C(Cl)c1ccccc1.O=C(Oc1ccccc1)c1ccccc1. The first-order chi connectivity index (χ1) is 23.4. The Kier molecular flexibility index (Phi) is 15.9. The molecule has 6 aromatic carbocycles. The maximum absolute atomic E-state index is 12.0. The highest BCUT2D eigenvalue weighted by Crippen LogP contribution is 2.15. The van der Waals surface area contributed by atoms with Crippen LogP contribution in [-0.2, 0) is 0 Å². The average molecular weight is 659 g/mol. The van der Waals surface area contributed by atoms with Gasteiger partial charge >= 0.3 is 5.97 Å². The van der Waals surface area contributed by atoms with E-state index in [1.165, 1.54) is 0 Å². The largest absolute Gasteiger partial charge is 0.497 e. The molecule has 0 fully saturated rings. The minimum absolute atomic E-state index is 0.0308. The molecule has 6 rings (SSSR count). The van der Waals surface area contributed by atoms with Crippen molar-refractivity contribution < 1.29 is 28.6 Å². The zero-order valence-corrected chi connectivity index (χ0v) is 27.3. The Bertz CT molecular complexity index is 1780. The molecule has 0 N–H and O–H groups in total. The van der Waals surface area contributed by atoms with Gasteiger partial charge in [0.25, 0.3) is 5.24 Å². The summed E-state index contributed by atoms with van der Waals surface area (Å²) < 4.78 is 15.1. The topological polar surface area (TPSA) is 78.9 Å². The lowest BCUT2D eigenvalue weighted by atomic mass is 10.0. The van der Waals surface area contributed by atoms with Crippen molar-refractivity contribution in [3.63, 3.8) is 0 Å². The number of carbonyl (C=O) groups is 3. The second kappa shape index (κ2) is 20.9. The average Bonchev–Trinajstić information content (AvgIpc) is 3.17. The van der Waals surface area contributed by atoms with Gasteiger partial charge in [-0.05, 0) is 72.3 Å². The number of hydrogen-bond acceptors (Lipinski definition) is 6. The van der Waals surface area contributed by atoms with E-state index in [9.17, 15) is 14.4 Å². The number of para-hydroxylation sites is 2. The summed E-state index contributed by atoms with van der Waals surface area (Å²) in [5.74, 6) is 1.92. The van der Waals surface area contributed by atoms with Crippen molar-refractivity contribution >= 4 is 28.6 Å². The van der Waals surface area contributed by atoms with Crippen LogP contribution in [0.3, 0.4) is 0 Å². The second-order valence-electron chi connectivity index (χ2n) is 9.65. The van der Waals surface area contributed by atoms with Gasteiger partial charge in [-0.1, -0.05) is 115 Å². The number of esters is 1. The number of ketones is 1. The van der Waals surface area contributed by atoms with Crippen LogP contribution in [0.25, 0.3) is 0 Å². The fourth-order valence-corrected chi connectivity index (χ4v) is 3.98. The minimum atomic E-state index is -0.407. The van der Waals surface area contributed by atoms with E-state index < -0.39 is 5.24 Å². The van der Waals surface area contributed by atoms with Crippen LogP contribution < -0.4 is 14.2 Å². The van der Waals surface area contributed by atoms with Gasteiger partial charge < -0.3 is 14.2 Å². The van der Waals surface area contributed by atoms with Gasteiger partial charge in [-0.25, -0.2) is 4.79 Å². The lowest BCUT2D eigenvalue weighted by Gasteiger charge is -2.02. The van der Waals surface area contributed by atoms with Crippen molar-refractivity contribution in [1.82, 2.24) is 0 Å². The predicted octanol–water partition coefficient (Wildman–Crippen LogP) is 9.59. The molecular weight excluding hydrogens is 624 g/mol. The first-order valence-corrected chi connectivity index (χ1v) is 15.2. The van der Waals surface area contributed by atoms with Crippen molar-refractivity contribution in [3.05, 3.63) is 198 Å². The molecule has 0 amide bonds. The van der Waals surface area contributed by atoms with Crippen LogP contribution in [-0.4, -0.2) is 31.2 Å². The molecule has 7 heteroatoms. The Morgan fingerprint density at radius 3 is 1.10 bits per heavy atom. The van der Waals surface area contributed by atoms with Crippen molar-refractivity contribution in [1.29, 1.82) is 0 Å². The number of ether oxygens (including phenoxy) is 3. The van der Waals surface area contributed by atoms with Gasteiger partial charge in [-0.2, -0.15) is 0 Å². The second-order valence-corrected chi connectivity index (χ2v) is 9.99. The Morgan fingerprint density at radius 2 is 0.729 bits per heavy atom. The van der Waals surface area contributed by atoms with E-state index in [2.05, 4.69) is 0 Å². The van der Waals surface area contributed by atoms with Crippen molar-refractivity contribution in [2.24, 2.45) is 0 Å². The summed E-state index contributed by atoms with van der Waals surface area (Å²) in [6, 6.07) is 52.7. The molecule has 0 aliphatic heterocycles. The smallest absolute Gasteiger partial charge is 0.343 e. The molecule has 0 heterocycles. The minimum Gasteiger partial charge on any atom is -0.497 e. The van der Waals surface area contributed by atoms with Crippen LogP contribution in [0, 0.1) is 0 Å². The van der Waals surface area contributed by atoms with E-state index in [0.29, 0.717) is 28.0 Å². The summed E-state index contributed by atoms with van der Waals surface area (Å²) in [6.07, 6.45) is 0. The van der Waals surface area contributed by atoms with Crippen LogP contribution in [0.5, 0.6) is 17.2 Å². The first-order valence-electron chi connectivity index (χ1n) is 14.8. The molecule has 0 aliphatic carbocycles. The normalized spacial score (nSPS) is 9.40. The third-order valence-corrected chi connectivity index (χ3v) is 6.55. The van der Waals surface area contributed by atoms with Crippen molar-refractivity contribution in [2.45, 2.75) is 0 Å². The zero-order chi connectivity index (χ0) is 34.4. The van der Waals surface area contributed by atoms with Crippen LogP contribution in [0.1, 0.15) is 36.6 Å². The molecule has 0 saturated heterocycles. The van der Waals surface area contributed by atoms with Crippen LogP contribution in [0.15, 0.2) is 176 Å². The van der Waals surface area contributed by atoms with Crippen molar-refractivity contribution in [2.75, 3.05) is 14.2 Å². The fourth-order valence-electron chi connectivity index (χ4n) is 3.85. The Hall–Kier alpha value is -5.98. The van der Waals surface area contributed by atoms with Gasteiger partial charge in [-0.15, -0.1) is 0 Å². The monoisotopic (exact) mass is 658 g/mol. The Morgan fingerprint density at radius 1 is 0.396 bits per heavy atom. The summed E-state index contributed by atoms with van der Waals surface area (Å²) in [4.78, 5) is 34.0. The fraction of sp³-hybridized carbons (Fsp3) is 0.0488. The molecule has 6 nitrogen and oxygen atoms in total. The van der Waals surface area contributed by atoms with Gasteiger partial charge in [0.05, 0.1) is 19.8 Å². The van der Waals surface area contributed by atoms with E-state index in [1.807, 2.05) is 103 Å². The number of hydrogen-bond donors (Lipinski definition) is 0. The molecule has 6 aromatic rings. The summed E-state index contributed by atoms with van der Waals surface area (Å²) in [7, 11) is 3.27. The van der Waals surface area contributed by atoms with Crippen molar-refractivity contribution in [3.8, 4) is 17.2 Å². The maximum Gasteiger partial charge on any atom is 0.343 e. The molecule has 242 valence electrons. The number of methoxy groups -OCH3 is 2. The van der Waals surface area contributed by atoms with Crippen LogP contribution >= 0.6 is 11.6 Å². The highest BCUT2D eigenvalue weighted by atomic mass is 35.5. The van der Waals surface area contributed by atoms with Gasteiger partial charge in [0.1, 0.15) is 17.2 Å². The zero-order valence-electron chi connectivity index (χ0n) is 26.6. The van der Waals surface area contributed by atoms with Gasteiger partial charge in [-0.3, -0.25) is 9.59 Å². The standard InChI is InChI=1S/C14H12O2.C13H10O2.C7H5ClO.C7H8O/c1-16-13-9-7-12(8-10-13)14(15)11-5-3-2-4-6-11;14-13(11-7-3-1-4-8-11)15-12-9-5-2-6-10-12;8-7(9)6-4-2-1-3-5-6;1-8-7-5-3-2-4-6-7/h2-10H,1H3;1-10H;1-5H;2-6H,1H3. The number of rotatable bonds is 7. The van der Waals surface area contributed by atoms with Gasteiger partial charge in [0.2, 0.25) is 0 Å². The van der Waals surface area contributed by atoms with E-state index in [-0.39, 0.29) is 11.8 Å². The van der Waals surface area contributed by atoms with E-state index in [4.69, 9.17) is 25.8 Å². The molecule has 0 spiro atoms. The van der Waals surface area contributed by atoms with E-state index >= 15 is 0 Å². The quantitative estimate of drug-likeness (QED) is 0.0736. The Balaban J connectivity index is 0.000000181. The molecule has 0 aromatic heterocycles.